The quantitative estimate of drug-likeness (QED) is 0.738. The average Bonchev–Trinajstić information content (AvgIpc) is 2.80. The van der Waals surface area contributed by atoms with Crippen LogP contribution in [-0.4, -0.2) is 35.9 Å². The summed E-state index contributed by atoms with van der Waals surface area (Å²) in [4.78, 5) is 2.31. The second-order valence-electron chi connectivity index (χ2n) is 4.77. The van der Waals surface area contributed by atoms with E-state index < -0.39 is 0 Å². The lowest BCUT2D eigenvalue weighted by Crippen LogP contribution is -2.26. The highest BCUT2D eigenvalue weighted by molar-refractivity contribution is 5.82. The lowest BCUT2D eigenvalue weighted by atomic mass is 10.1. The normalized spacial score (nSPS) is 17.5. The van der Waals surface area contributed by atoms with Gasteiger partial charge in [0.05, 0.1) is 11.7 Å². The maximum Gasteiger partial charge on any atom is 0.0718 e. The van der Waals surface area contributed by atoms with Crippen molar-refractivity contribution in [3.63, 3.8) is 0 Å². The molecule has 0 saturated carbocycles. The molecule has 3 heteroatoms. The third-order valence-electron chi connectivity index (χ3n) is 3.30. The largest absolute Gasteiger partial charge is 0.302 e. The van der Waals surface area contributed by atoms with E-state index in [1.807, 2.05) is 23.2 Å². The average molecular weight is 239 g/mol. The van der Waals surface area contributed by atoms with E-state index in [0.717, 1.165) is 25.0 Å². The topological polar surface area (TPSA) is 20.5 Å². The summed E-state index contributed by atoms with van der Waals surface area (Å²) in [7, 11) is 2.14. The molecule has 3 rings (SSSR count). The minimum absolute atomic E-state index is 0.989. The van der Waals surface area contributed by atoms with Crippen LogP contribution in [0.3, 0.4) is 0 Å². The third kappa shape index (κ3) is 2.22. The van der Waals surface area contributed by atoms with Crippen LogP contribution in [0.2, 0.25) is 0 Å². The number of hydrogen-bond acceptors (Lipinski definition) is 2. The fourth-order valence-electron chi connectivity index (χ4n) is 2.32. The van der Waals surface area contributed by atoms with Gasteiger partial charge in [-0.1, -0.05) is 24.3 Å². The molecule has 2 heterocycles. The lowest BCUT2D eigenvalue weighted by molar-refractivity contribution is 0.361. The summed E-state index contributed by atoms with van der Waals surface area (Å²) in [6.07, 6.45) is 7.37. The van der Waals surface area contributed by atoms with Gasteiger partial charge in [0, 0.05) is 24.7 Å². The van der Waals surface area contributed by atoms with Gasteiger partial charge >= 0.3 is 0 Å². The van der Waals surface area contributed by atoms with Gasteiger partial charge in [0.1, 0.15) is 0 Å². The zero-order chi connectivity index (χ0) is 12.4. The van der Waals surface area contributed by atoms with E-state index in [1.54, 1.807) is 0 Å². The molecule has 2 aromatic rings. The highest BCUT2D eigenvalue weighted by atomic mass is 15.3. The van der Waals surface area contributed by atoms with E-state index in [9.17, 15) is 0 Å². The van der Waals surface area contributed by atoms with Crippen LogP contribution in [0.15, 0.2) is 53.3 Å². The van der Waals surface area contributed by atoms with E-state index in [1.165, 1.54) is 11.0 Å². The molecular formula is C15H17N3. The maximum absolute atomic E-state index is 4.55. The first-order valence-corrected chi connectivity index (χ1v) is 6.31. The van der Waals surface area contributed by atoms with E-state index in [2.05, 4.69) is 47.4 Å². The second kappa shape index (κ2) is 4.78. The number of fused-ring (bicyclic) bond motifs is 1. The molecule has 1 aliphatic rings. The maximum atomic E-state index is 4.55. The van der Waals surface area contributed by atoms with E-state index in [4.69, 9.17) is 0 Å². The number of hydrogen-bond donors (Lipinski definition) is 0. The Kier molecular flexibility index (Phi) is 2.99. The summed E-state index contributed by atoms with van der Waals surface area (Å²) in [5.41, 5.74) is 2.44. The third-order valence-corrected chi connectivity index (χ3v) is 3.30. The number of rotatable bonds is 2. The van der Waals surface area contributed by atoms with Gasteiger partial charge in [-0.2, -0.15) is 5.10 Å². The van der Waals surface area contributed by atoms with E-state index >= 15 is 0 Å². The Hall–Kier alpha value is -1.87. The molecule has 0 amide bonds. The molecule has 0 spiro atoms. The molecule has 0 atom stereocenters. The van der Waals surface area contributed by atoms with Crippen molar-refractivity contribution in [3.8, 4) is 0 Å². The molecule has 0 aliphatic carbocycles. The standard InChI is InChI=1S/C15H17N3/c1-17-9-4-5-13(12-17)11-16-18-10-8-14-6-2-3-7-15(14)18/h2-3,5-8,10-11H,4,9,12H2,1H3/b16-11+. The van der Waals surface area contributed by atoms with Crippen LogP contribution in [0.1, 0.15) is 6.42 Å². The van der Waals surface area contributed by atoms with Crippen molar-refractivity contribution in [1.82, 2.24) is 9.58 Å². The molecule has 0 bridgehead atoms. The molecule has 92 valence electrons. The van der Waals surface area contributed by atoms with Crippen molar-refractivity contribution < 1.29 is 0 Å². The van der Waals surface area contributed by atoms with Crippen LogP contribution in [0.4, 0.5) is 0 Å². The highest BCUT2D eigenvalue weighted by Crippen LogP contribution is 2.15. The molecule has 0 radical (unpaired) electrons. The second-order valence-corrected chi connectivity index (χ2v) is 4.77. The van der Waals surface area contributed by atoms with Gasteiger partial charge in [0.2, 0.25) is 0 Å². The van der Waals surface area contributed by atoms with Crippen molar-refractivity contribution in [2.75, 3.05) is 20.1 Å². The van der Waals surface area contributed by atoms with Crippen molar-refractivity contribution in [3.05, 3.63) is 48.2 Å². The summed E-state index contributed by atoms with van der Waals surface area (Å²) in [5, 5.41) is 5.78. The molecule has 3 nitrogen and oxygen atoms in total. The van der Waals surface area contributed by atoms with Gasteiger partial charge in [-0.15, -0.1) is 0 Å². The Bertz CT molecular complexity index is 607. The highest BCUT2D eigenvalue weighted by Gasteiger charge is 2.06. The van der Waals surface area contributed by atoms with E-state index in [0.29, 0.717) is 0 Å². The van der Waals surface area contributed by atoms with Gasteiger partial charge in [-0.25, -0.2) is 4.68 Å². The molecule has 1 aromatic heterocycles. The number of benzene rings is 1. The van der Waals surface area contributed by atoms with E-state index in [-0.39, 0.29) is 0 Å². The van der Waals surface area contributed by atoms with Crippen LogP contribution in [0.5, 0.6) is 0 Å². The van der Waals surface area contributed by atoms with Gasteiger partial charge in [-0.05, 0) is 31.2 Å². The molecule has 1 aromatic carbocycles. The zero-order valence-corrected chi connectivity index (χ0v) is 10.6. The van der Waals surface area contributed by atoms with Crippen LogP contribution in [0.25, 0.3) is 10.9 Å². The predicted octanol–water partition coefficient (Wildman–Crippen LogP) is 2.74. The smallest absolute Gasteiger partial charge is 0.0718 e. The number of para-hydroxylation sites is 1. The van der Waals surface area contributed by atoms with Crippen LogP contribution in [-0.2, 0) is 0 Å². The van der Waals surface area contributed by atoms with Gasteiger partial charge in [-0.3, -0.25) is 0 Å². The number of nitrogens with zero attached hydrogens (tertiary/aromatic N) is 3. The van der Waals surface area contributed by atoms with Gasteiger partial charge in [0.25, 0.3) is 0 Å². The fraction of sp³-hybridized carbons (Fsp3) is 0.267. The van der Waals surface area contributed by atoms with Gasteiger partial charge < -0.3 is 4.90 Å². The molecule has 0 N–H and O–H groups in total. The minimum atomic E-state index is 0.989. The Morgan fingerprint density at radius 1 is 1.22 bits per heavy atom. The Morgan fingerprint density at radius 3 is 3.00 bits per heavy atom. The Balaban J connectivity index is 1.86. The monoisotopic (exact) mass is 239 g/mol. The van der Waals surface area contributed by atoms with Crippen LogP contribution >= 0.6 is 0 Å². The molecule has 1 aliphatic heterocycles. The summed E-state index contributed by atoms with van der Waals surface area (Å²) >= 11 is 0. The molecule has 0 unspecified atom stereocenters. The van der Waals surface area contributed by atoms with Crippen molar-refractivity contribution in [2.24, 2.45) is 5.10 Å². The van der Waals surface area contributed by atoms with Crippen molar-refractivity contribution >= 4 is 17.1 Å². The summed E-state index contributed by atoms with van der Waals surface area (Å²) in [5.74, 6) is 0. The molecular weight excluding hydrogens is 222 g/mol. The minimum Gasteiger partial charge on any atom is -0.302 e. The summed E-state index contributed by atoms with van der Waals surface area (Å²) in [6.45, 7) is 2.13. The molecule has 0 saturated heterocycles. The summed E-state index contributed by atoms with van der Waals surface area (Å²) in [6, 6.07) is 10.4. The van der Waals surface area contributed by atoms with Crippen LogP contribution in [0, 0.1) is 0 Å². The first-order valence-electron chi connectivity index (χ1n) is 6.31. The predicted molar refractivity (Wildman–Crippen MR) is 76.0 cm³/mol. The fourth-order valence-corrected chi connectivity index (χ4v) is 2.32. The number of likely N-dealkylation sites (N-methyl/N-ethyl adjacent to an activating group) is 1. The first-order chi connectivity index (χ1) is 8.83. The lowest BCUT2D eigenvalue weighted by Gasteiger charge is -2.20. The molecule has 18 heavy (non-hydrogen) atoms. The summed E-state index contributed by atoms with van der Waals surface area (Å²) < 4.78 is 1.94. The zero-order valence-electron chi connectivity index (χ0n) is 10.6. The SMILES string of the molecule is CN1CCC=C(/C=N/n2ccc3ccccc32)C1. The molecule has 0 fully saturated rings. The van der Waals surface area contributed by atoms with Crippen molar-refractivity contribution in [2.45, 2.75) is 6.42 Å². The first kappa shape index (κ1) is 11.2. The Morgan fingerprint density at radius 2 is 2.11 bits per heavy atom. The number of aromatic nitrogens is 1. The van der Waals surface area contributed by atoms with Gasteiger partial charge in [0.15, 0.2) is 0 Å². The van der Waals surface area contributed by atoms with Crippen LogP contribution < -0.4 is 0 Å². The van der Waals surface area contributed by atoms with Crippen molar-refractivity contribution in [1.29, 1.82) is 0 Å². The Labute approximate surface area is 107 Å².